The Morgan fingerprint density at radius 2 is 2.07 bits per heavy atom. The van der Waals surface area contributed by atoms with Crippen molar-refractivity contribution >= 4 is 28.4 Å². The van der Waals surface area contributed by atoms with Gasteiger partial charge in [-0.3, -0.25) is 9.59 Å². The van der Waals surface area contributed by atoms with Gasteiger partial charge in [-0.05, 0) is 24.2 Å². The molecule has 1 aliphatic rings. The first-order valence-electron chi connectivity index (χ1n) is 8.78. The Hall–Kier alpha value is -2.52. The first kappa shape index (κ1) is 20.8. The molecule has 0 radical (unpaired) electrons. The third-order valence-corrected chi connectivity index (χ3v) is 4.95. The van der Waals surface area contributed by atoms with Crippen LogP contribution in [0.5, 0.6) is 0 Å². The highest BCUT2D eigenvalue weighted by Crippen LogP contribution is 2.35. The molecular weight excluding hydrogens is 362 g/mol. The third kappa shape index (κ3) is 5.24. The predicted octanol–water partition coefficient (Wildman–Crippen LogP) is 4.25. The average molecular weight is 385 g/mol. The van der Waals surface area contributed by atoms with Gasteiger partial charge in [-0.2, -0.15) is 0 Å². The second kappa shape index (κ2) is 9.98. The molecule has 0 fully saturated rings. The van der Waals surface area contributed by atoms with Gasteiger partial charge in [-0.25, -0.2) is 0 Å². The van der Waals surface area contributed by atoms with E-state index >= 15 is 0 Å². The Morgan fingerprint density at radius 3 is 2.63 bits per heavy atom. The monoisotopic (exact) mass is 385 g/mol. The molecule has 0 saturated heterocycles. The Bertz CT molecular complexity index is 802. The lowest BCUT2D eigenvalue weighted by molar-refractivity contribution is -0.116. The summed E-state index contributed by atoms with van der Waals surface area (Å²) in [6.45, 7) is 1.97. The van der Waals surface area contributed by atoms with Crippen molar-refractivity contribution in [3.05, 3.63) is 46.7 Å². The van der Waals surface area contributed by atoms with Crippen LogP contribution in [-0.2, 0) is 9.63 Å². The Morgan fingerprint density at radius 1 is 1.37 bits per heavy atom. The molecule has 142 valence electrons. The lowest BCUT2D eigenvalue weighted by Gasteiger charge is -2.24. The van der Waals surface area contributed by atoms with Gasteiger partial charge in [0.2, 0.25) is 5.12 Å². The molecule has 27 heavy (non-hydrogen) atoms. The maximum Gasteiger partial charge on any atom is 0.219 e. The van der Waals surface area contributed by atoms with Gasteiger partial charge >= 0.3 is 0 Å². The highest BCUT2D eigenvalue weighted by molar-refractivity contribution is 8.13. The first-order valence-corrected chi connectivity index (χ1v) is 10.0. The van der Waals surface area contributed by atoms with Crippen molar-refractivity contribution in [2.24, 2.45) is 5.16 Å². The SMILES string of the molecule is C#CCO/N=C(/CCC)C1=C(O)CC(c2ccc(C(=O)SC)cc2)CC1=O. The zero-order valence-electron chi connectivity index (χ0n) is 15.5. The molecule has 0 amide bonds. The number of nitrogens with zero attached hydrogens (tertiary/aromatic N) is 1. The van der Waals surface area contributed by atoms with E-state index in [1.165, 1.54) is 0 Å². The van der Waals surface area contributed by atoms with Crippen molar-refractivity contribution in [3.63, 3.8) is 0 Å². The molecule has 1 unspecified atom stereocenters. The summed E-state index contributed by atoms with van der Waals surface area (Å²) in [5.41, 5.74) is 2.23. The molecule has 1 aromatic carbocycles. The van der Waals surface area contributed by atoms with E-state index < -0.39 is 0 Å². The largest absolute Gasteiger partial charge is 0.511 e. The van der Waals surface area contributed by atoms with E-state index in [9.17, 15) is 14.7 Å². The van der Waals surface area contributed by atoms with Crippen molar-refractivity contribution in [2.45, 2.75) is 38.5 Å². The van der Waals surface area contributed by atoms with E-state index in [1.54, 1.807) is 18.4 Å². The molecule has 0 bridgehead atoms. The van der Waals surface area contributed by atoms with Crippen LogP contribution in [-0.4, -0.2) is 34.6 Å². The minimum absolute atomic E-state index is 0.00121. The fourth-order valence-corrected chi connectivity index (χ4v) is 3.44. The lowest BCUT2D eigenvalue weighted by Crippen LogP contribution is -2.24. The highest BCUT2D eigenvalue weighted by atomic mass is 32.2. The summed E-state index contributed by atoms with van der Waals surface area (Å²) in [4.78, 5) is 29.4. The molecule has 0 heterocycles. The molecule has 1 aromatic rings. The first-order chi connectivity index (χ1) is 13.0. The van der Waals surface area contributed by atoms with Gasteiger partial charge in [-0.15, -0.1) is 6.42 Å². The van der Waals surface area contributed by atoms with Crippen LogP contribution in [0.2, 0.25) is 0 Å². The van der Waals surface area contributed by atoms with Gasteiger partial charge in [0.15, 0.2) is 12.4 Å². The number of Topliss-reactive ketones (excluding diaryl/α,β-unsaturated/α-hetero) is 1. The van der Waals surface area contributed by atoms with Gasteiger partial charge in [0, 0.05) is 18.4 Å². The van der Waals surface area contributed by atoms with Crippen molar-refractivity contribution in [2.75, 3.05) is 12.9 Å². The minimum Gasteiger partial charge on any atom is -0.511 e. The fraction of sp³-hybridized carbons (Fsp3) is 0.381. The lowest BCUT2D eigenvalue weighted by atomic mass is 9.80. The van der Waals surface area contributed by atoms with Crippen molar-refractivity contribution in [3.8, 4) is 12.3 Å². The maximum atomic E-state index is 12.7. The van der Waals surface area contributed by atoms with Crippen molar-refractivity contribution < 1.29 is 19.5 Å². The number of rotatable bonds is 7. The fourth-order valence-electron chi connectivity index (χ4n) is 3.07. The molecule has 0 aliphatic heterocycles. The predicted molar refractivity (Wildman–Crippen MR) is 108 cm³/mol. The van der Waals surface area contributed by atoms with Crippen LogP contribution >= 0.6 is 11.8 Å². The summed E-state index contributed by atoms with van der Waals surface area (Å²) in [7, 11) is 0. The second-order valence-electron chi connectivity index (χ2n) is 6.23. The number of thioether (sulfide) groups is 1. The van der Waals surface area contributed by atoms with Crippen LogP contribution in [0, 0.1) is 12.3 Å². The number of allylic oxidation sites excluding steroid dienone is 2. The standard InChI is InChI=1S/C21H23NO4S/c1-4-6-17(22-26-11-5-2)20-18(23)12-16(13-19(20)24)14-7-9-15(10-8-14)21(25)27-3/h2,7-10,16,23H,4,6,11-13H2,1,3H3/b22-17-. The van der Waals surface area contributed by atoms with Crippen LogP contribution in [0.25, 0.3) is 0 Å². The van der Waals surface area contributed by atoms with Crippen LogP contribution in [0.1, 0.15) is 54.4 Å². The summed E-state index contributed by atoms with van der Waals surface area (Å²) in [5.74, 6) is 2.05. The summed E-state index contributed by atoms with van der Waals surface area (Å²) in [6.07, 6.45) is 8.78. The Balaban J connectivity index is 2.23. The van der Waals surface area contributed by atoms with Gasteiger partial charge in [0.05, 0.1) is 11.3 Å². The number of hydrogen-bond donors (Lipinski definition) is 1. The molecule has 0 aromatic heterocycles. The average Bonchev–Trinajstić information content (AvgIpc) is 2.67. The molecule has 0 saturated carbocycles. The summed E-state index contributed by atoms with van der Waals surface area (Å²) >= 11 is 1.16. The van der Waals surface area contributed by atoms with Crippen LogP contribution in [0.4, 0.5) is 0 Å². The van der Waals surface area contributed by atoms with Crippen LogP contribution < -0.4 is 0 Å². The van der Waals surface area contributed by atoms with Crippen LogP contribution in [0.15, 0.2) is 40.8 Å². The minimum atomic E-state index is -0.162. The van der Waals surface area contributed by atoms with E-state index in [-0.39, 0.29) is 41.2 Å². The molecule has 1 aliphatic carbocycles. The topological polar surface area (TPSA) is 76.0 Å². The zero-order valence-corrected chi connectivity index (χ0v) is 16.3. The zero-order chi connectivity index (χ0) is 19.8. The Kier molecular flexibility index (Phi) is 7.68. The number of aliphatic hydroxyl groups excluding tert-OH is 1. The number of carbonyl (C=O) groups is 2. The van der Waals surface area contributed by atoms with E-state index in [1.807, 2.05) is 19.1 Å². The molecule has 0 spiro atoms. The number of aliphatic hydroxyl groups is 1. The van der Waals surface area contributed by atoms with Gasteiger partial charge < -0.3 is 9.94 Å². The van der Waals surface area contributed by atoms with E-state index in [2.05, 4.69) is 11.1 Å². The maximum absolute atomic E-state index is 12.7. The molecule has 5 nitrogen and oxygen atoms in total. The molecule has 6 heteroatoms. The number of ketones is 1. The molecule has 1 atom stereocenters. The van der Waals surface area contributed by atoms with E-state index in [0.29, 0.717) is 24.1 Å². The normalized spacial score (nSPS) is 17.6. The van der Waals surface area contributed by atoms with Crippen molar-refractivity contribution in [1.29, 1.82) is 0 Å². The summed E-state index contributed by atoms with van der Waals surface area (Å²) in [5, 5.41) is 14.5. The Labute approximate surface area is 163 Å². The summed E-state index contributed by atoms with van der Waals surface area (Å²) < 4.78 is 0. The quantitative estimate of drug-likeness (QED) is 0.329. The third-order valence-electron chi connectivity index (χ3n) is 4.34. The van der Waals surface area contributed by atoms with Crippen LogP contribution in [0.3, 0.4) is 0 Å². The smallest absolute Gasteiger partial charge is 0.219 e. The van der Waals surface area contributed by atoms with Gasteiger partial charge in [0.1, 0.15) is 5.76 Å². The number of hydrogen-bond acceptors (Lipinski definition) is 6. The highest BCUT2D eigenvalue weighted by Gasteiger charge is 2.31. The van der Waals surface area contributed by atoms with Gasteiger partial charge in [0.25, 0.3) is 0 Å². The number of terminal acetylenes is 1. The molecule has 1 N–H and O–H groups in total. The number of benzene rings is 1. The van der Waals surface area contributed by atoms with Gasteiger partial charge in [-0.1, -0.05) is 60.4 Å². The second-order valence-corrected chi connectivity index (χ2v) is 7.01. The molecular formula is C21H23NO4S. The van der Waals surface area contributed by atoms with E-state index in [0.717, 1.165) is 23.7 Å². The van der Waals surface area contributed by atoms with Crippen molar-refractivity contribution in [1.82, 2.24) is 0 Å². The number of oxime groups is 1. The summed E-state index contributed by atoms with van der Waals surface area (Å²) in [6, 6.07) is 7.20. The molecule has 2 rings (SSSR count). The van der Waals surface area contributed by atoms with E-state index in [4.69, 9.17) is 11.3 Å². The number of carbonyl (C=O) groups excluding carboxylic acids is 2.